The molecule has 0 spiro atoms. The van der Waals surface area contributed by atoms with Gasteiger partial charge in [0.2, 0.25) is 17.6 Å². The van der Waals surface area contributed by atoms with Gasteiger partial charge in [0.25, 0.3) is 5.89 Å². The largest absolute Gasteiger partial charge is 0.452 e. The van der Waals surface area contributed by atoms with E-state index in [1.54, 1.807) is 0 Å². The van der Waals surface area contributed by atoms with Crippen molar-refractivity contribution in [1.82, 2.24) is 10.1 Å². The fourth-order valence-electron chi connectivity index (χ4n) is 2.54. The molecule has 2 amide bonds. The standard InChI is InChI=1S/C20H17FN4O5/c1-11(26)22-16-7-14(8-17(9-16)23-12(2)27)20(28)29-10-18-24-19(25-30-18)13-3-5-15(21)6-4-13/h3-9H,10H2,1-2H3,(H,22,26)(H,23,27). The molecule has 0 saturated heterocycles. The van der Waals surface area contributed by atoms with E-state index in [1.165, 1.54) is 56.3 Å². The third kappa shape index (κ3) is 5.47. The van der Waals surface area contributed by atoms with Gasteiger partial charge in [0.15, 0.2) is 6.61 Å². The lowest BCUT2D eigenvalue weighted by Crippen LogP contribution is -2.12. The van der Waals surface area contributed by atoms with Crippen molar-refractivity contribution in [2.45, 2.75) is 20.5 Å². The first kappa shape index (κ1) is 20.6. The summed E-state index contributed by atoms with van der Waals surface area (Å²) in [7, 11) is 0. The molecular weight excluding hydrogens is 395 g/mol. The van der Waals surface area contributed by atoms with Crippen LogP contribution in [0.25, 0.3) is 11.4 Å². The Morgan fingerprint density at radius 3 is 2.17 bits per heavy atom. The maximum absolute atomic E-state index is 13.0. The van der Waals surface area contributed by atoms with Crippen molar-refractivity contribution in [3.8, 4) is 11.4 Å². The van der Waals surface area contributed by atoms with Crippen molar-refractivity contribution in [3.63, 3.8) is 0 Å². The van der Waals surface area contributed by atoms with Crippen LogP contribution < -0.4 is 10.6 Å². The Morgan fingerprint density at radius 2 is 1.60 bits per heavy atom. The lowest BCUT2D eigenvalue weighted by atomic mass is 10.1. The Morgan fingerprint density at radius 1 is 1.00 bits per heavy atom. The maximum Gasteiger partial charge on any atom is 0.338 e. The van der Waals surface area contributed by atoms with Crippen molar-refractivity contribution in [2.75, 3.05) is 10.6 Å². The summed E-state index contributed by atoms with van der Waals surface area (Å²) in [5, 5.41) is 8.86. The number of benzene rings is 2. The molecule has 2 aromatic carbocycles. The monoisotopic (exact) mass is 412 g/mol. The number of nitrogens with zero attached hydrogens (tertiary/aromatic N) is 2. The smallest absolute Gasteiger partial charge is 0.338 e. The lowest BCUT2D eigenvalue weighted by molar-refractivity contribution is -0.115. The highest BCUT2D eigenvalue weighted by atomic mass is 19.1. The normalized spacial score (nSPS) is 10.4. The Bertz CT molecular complexity index is 1060. The van der Waals surface area contributed by atoms with Gasteiger partial charge < -0.3 is 19.9 Å². The number of halogens is 1. The van der Waals surface area contributed by atoms with Crippen LogP contribution >= 0.6 is 0 Å². The highest BCUT2D eigenvalue weighted by Crippen LogP contribution is 2.21. The van der Waals surface area contributed by atoms with E-state index in [4.69, 9.17) is 9.26 Å². The Balaban J connectivity index is 1.71. The van der Waals surface area contributed by atoms with Gasteiger partial charge in [-0.1, -0.05) is 5.16 Å². The molecular formula is C20H17FN4O5. The van der Waals surface area contributed by atoms with Gasteiger partial charge in [-0.25, -0.2) is 9.18 Å². The molecule has 0 atom stereocenters. The fourth-order valence-corrected chi connectivity index (χ4v) is 2.54. The van der Waals surface area contributed by atoms with E-state index in [2.05, 4.69) is 20.8 Å². The Kier molecular flexibility index (Phi) is 6.16. The molecule has 9 nitrogen and oxygen atoms in total. The average molecular weight is 412 g/mol. The van der Waals surface area contributed by atoms with E-state index >= 15 is 0 Å². The van der Waals surface area contributed by atoms with Gasteiger partial charge >= 0.3 is 5.97 Å². The second kappa shape index (κ2) is 8.95. The second-order valence-corrected chi connectivity index (χ2v) is 6.26. The summed E-state index contributed by atoms with van der Waals surface area (Å²) in [6, 6.07) is 9.84. The Labute approximate surface area is 170 Å². The third-order valence-electron chi connectivity index (χ3n) is 3.71. The predicted molar refractivity (Wildman–Crippen MR) is 104 cm³/mol. The number of rotatable bonds is 6. The molecule has 0 aliphatic carbocycles. The zero-order valence-electron chi connectivity index (χ0n) is 16.1. The number of hydrogen-bond acceptors (Lipinski definition) is 7. The van der Waals surface area contributed by atoms with Gasteiger partial charge in [-0.05, 0) is 42.5 Å². The van der Waals surface area contributed by atoms with E-state index in [0.29, 0.717) is 16.9 Å². The highest BCUT2D eigenvalue weighted by Gasteiger charge is 2.15. The van der Waals surface area contributed by atoms with E-state index < -0.39 is 11.8 Å². The molecule has 0 unspecified atom stereocenters. The van der Waals surface area contributed by atoms with Crippen molar-refractivity contribution < 1.29 is 28.0 Å². The number of amides is 2. The van der Waals surface area contributed by atoms with Crippen LogP contribution in [0.15, 0.2) is 47.0 Å². The first-order valence-corrected chi connectivity index (χ1v) is 8.76. The van der Waals surface area contributed by atoms with E-state index in [1.807, 2.05) is 0 Å². The second-order valence-electron chi connectivity index (χ2n) is 6.26. The van der Waals surface area contributed by atoms with Crippen LogP contribution in [-0.2, 0) is 20.9 Å². The van der Waals surface area contributed by atoms with Crippen molar-refractivity contribution in [3.05, 3.63) is 59.7 Å². The van der Waals surface area contributed by atoms with Crippen molar-refractivity contribution in [1.29, 1.82) is 0 Å². The summed E-state index contributed by atoms with van der Waals surface area (Å²) in [5.74, 6) is -1.53. The molecule has 154 valence electrons. The molecule has 0 fully saturated rings. The summed E-state index contributed by atoms with van der Waals surface area (Å²) in [4.78, 5) is 39.2. The molecule has 2 N–H and O–H groups in total. The molecule has 3 rings (SSSR count). The quantitative estimate of drug-likeness (QED) is 0.596. The van der Waals surface area contributed by atoms with Crippen LogP contribution in [0, 0.1) is 5.82 Å². The molecule has 1 heterocycles. The fraction of sp³-hybridized carbons (Fsp3) is 0.150. The molecule has 0 bridgehead atoms. The third-order valence-corrected chi connectivity index (χ3v) is 3.71. The summed E-state index contributed by atoms with van der Waals surface area (Å²) >= 11 is 0. The van der Waals surface area contributed by atoms with Gasteiger partial charge in [0.1, 0.15) is 5.82 Å². The molecule has 3 aromatic rings. The van der Waals surface area contributed by atoms with Crippen molar-refractivity contribution in [2.24, 2.45) is 0 Å². The molecule has 30 heavy (non-hydrogen) atoms. The first-order valence-electron chi connectivity index (χ1n) is 8.76. The van der Waals surface area contributed by atoms with Gasteiger partial charge in [-0.15, -0.1) is 0 Å². The van der Waals surface area contributed by atoms with Gasteiger partial charge in [-0.3, -0.25) is 9.59 Å². The van der Waals surface area contributed by atoms with E-state index in [9.17, 15) is 18.8 Å². The van der Waals surface area contributed by atoms with Crippen LogP contribution in [0.5, 0.6) is 0 Å². The molecule has 0 aliphatic rings. The topological polar surface area (TPSA) is 123 Å². The van der Waals surface area contributed by atoms with Gasteiger partial charge in [-0.2, -0.15) is 4.98 Å². The SMILES string of the molecule is CC(=O)Nc1cc(NC(C)=O)cc(C(=O)OCc2nc(-c3ccc(F)cc3)no2)c1. The number of carbonyl (C=O) groups is 3. The number of anilines is 2. The van der Waals surface area contributed by atoms with Crippen LogP contribution in [0.3, 0.4) is 0 Å². The number of ether oxygens (including phenoxy) is 1. The first-order chi connectivity index (χ1) is 14.3. The predicted octanol–water partition coefficient (Wildman–Crippen LogP) is 3.15. The summed E-state index contributed by atoms with van der Waals surface area (Å²) in [6.07, 6.45) is 0. The summed E-state index contributed by atoms with van der Waals surface area (Å²) < 4.78 is 23.2. The van der Waals surface area contributed by atoms with E-state index in [-0.39, 0.29) is 35.7 Å². The van der Waals surface area contributed by atoms with Gasteiger partial charge in [0.05, 0.1) is 5.56 Å². The molecule has 10 heteroatoms. The van der Waals surface area contributed by atoms with E-state index in [0.717, 1.165) is 0 Å². The minimum absolute atomic E-state index is 0.0442. The molecule has 1 aromatic heterocycles. The lowest BCUT2D eigenvalue weighted by Gasteiger charge is -2.10. The van der Waals surface area contributed by atoms with Crippen LogP contribution in [0.1, 0.15) is 30.1 Å². The summed E-state index contributed by atoms with van der Waals surface area (Å²) in [5.41, 5.74) is 1.28. The highest BCUT2D eigenvalue weighted by molar-refractivity contribution is 5.97. The number of carbonyl (C=O) groups excluding carboxylic acids is 3. The van der Waals surface area contributed by atoms with Crippen LogP contribution in [0.2, 0.25) is 0 Å². The number of esters is 1. The minimum Gasteiger partial charge on any atom is -0.452 e. The number of hydrogen-bond donors (Lipinski definition) is 2. The number of nitrogens with one attached hydrogen (secondary N) is 2. The molecule has 0 radical (unpaired) electrons. The van der Waals surface area contributed by atoms with Crippen LogP contribution in [-0.4, -0.2) is 27.9 Å². The molecule has 0 saturated carbocycles. The molecule has 0 aliphatic heterocycles. The number of aromatic nitrogens is 2. The maximum atomic E-state index is 13.0. The zero-order chi connectivity index (χ0) is 21.7. The Hall–Kier alpha value is -4.08. The van der Waals surface area contributed by atoms with Gasteiger partial charge in [0, 0.05) is 30.8 Å². The summed E-state index contributed by atoms with van der Waals surface area (Å²) in [6.45, 7) is 2.33. The minimum atomic E-state index is -0.727. The van der Waals surface area contributed by atoms with Crippen LogP contribution in [0.4, 0.5) is 15.8 Å². The van der Waals surface area contributed by atoms with Crippen molar-refractivity contribution >= 4 is 29.2 Å². The average Bonchev–Trinajstić information content (AvgIpc) is 3.14. The zero-order valence-corrected chi connectivity index (χ0v) is 16.1.